The highest BCUT2D eigenvalue weighted by molar-refractivity contribution is 7.14. The van der Waals surface area contributed by atoms with Gasteiger partial charge in [-0.25, -0.2) is 0 Å². The summed E-state index contributed by atoms with van der Waals surface area (Å²) >= 11 is 1.63. The number of nitrogens with zero attached hydrogens (tertiary/aromatic N) is 1. The van der Waals surface area contributed by atoms with Gasteiger partial charge in [-0.15, -0.1) is 11.3 Å². The third kappa shape index (κ3) is 2.39. The zero-order valence-electron chi connectivity index (χ0n) is 11.0. The summed E-state index contributed by atoms with van der Waals surface area (Å²) in [6.45, 7) is 3.83. The van der Waals surface area contributed by atoms with Crippen LogP contribution in [0.15, 0.2) is 12.1 Å². The van der Waals surface area contributed by atoms with Crippen molar-refractivity contribution < 1.29 is 4.79 Å². The highest BCUT2D eigenvalue weighted by Crippen LogP contribution is 2.36. The van der Waals surface area contributed by atoms with Crippen molar-refractivity contribution in [1.82, 2.24) is 4.90 Å². The first-order valence-corrected chi connectivity index (χ1v) is 7.89. The first-order valence-electron chi connectivity index (χ1n) is 7.08. The van der Waals surface area contributed by atoms with Crippen LogP contribution in [0.1, 0.15) is 46.7 Å². The van der Waals surface area contributed by atoms with Crippen molar-refractivity contribution in [3.8, 4) is 0 Å². The predicted octanol–water partition coefficient (Wildman–Crippen LogP) is 3.50. The smallest absolute Gasteiger partial charge is 0.186 e. The van der Waals surface area contributed by atoms with E-state index >= 15 is 0 Å². The molecule has 1 aliphatic carbocycles. The molecule has 1 saturated heterocycles. The topological polar surface area (TPSA) is 20.3 Å². The molecule has 0 N–H and O–H groups in total. The Morgan fingerprint density at radius 3 is 2.94 bits per heavy atom. The third-order valence-electron chi connectivity index (χ3n) is 4.49. The number of hydrogen-bond donors (Lipinski definition) is 0. The fourth-order valence-corrected chi connectivity index (χ4v) is 4.34. The zero-order valence-corrected chi connectivity index (χ0v) is 11.8. The lowest BCUT2D eigenvalue weighted by Gasteiger charge is -2.31. The van der Waals surface area contributed by atoms with E-state index in [1.54, 1.807) is 11.3 Å². The summed E-state index contributed by atoms with van der Waals surface area (Å²) in [5.74, 6) is 1.19. The number of aryl methyl sites for hydroxylation is 1. The van der Waals surface area contributed by atoms with Crippen molar-refractivity contribution in [3.63, 3.8) is 0 Å². The summed E-state index contributed by atoms with van der Waals surface area (Å²) in [4.78, 5) is 16.9. The number of fused-ring (bicyclic) bond motifs is 1. The molecule has 2 nitrogen and oxygen atoms in total. The van der Waals surface area contributed by atoms with Gasteiger partial charge in [0, 0.05) is 10.9 Å². The minimum atomic E-state index is 0.319. The van der Waals surface area contributed by atoms with Crippen LogP contribution in [0.2, 0.25) is 0 Å². The summed E-state index contributed by atoms with van der Waals surface area (Å²) in [6.07, 6.45) is 6.74. The molecule has 1 aliphatic heterocycles. The number of carbonyl (C=O) groups excluding carboxylic acids is 1. The second kappa shape index (κ2) is 5.14. The maximum Gasteiger partial charge on any atom is 0.186 e. The van der Waals surface area contributed by atoms with Crippen LogP contribution in [0, 0.1) is 12.8 Å². The monoisotopic (exact) mass is 263 g/mol. The second-order valence-corrected chi connectivity index (χ2v) is 6.99. The molecular formula is C15H21NOS. The highest BCUT2D eigenvalue weighted by atomic mass is 32.1. The van der Waals surface area contributed by atoms with E-state index in [1.807, 2.05) is 12.1 Å². The molecule has 2 aliphatic rings. The van der Waals surface area contributed by atoms with Crippen molar-refractivity contribution in [3.05, 3.63) is 21.9 Å². The number of hydrogen-bond acceptors (Lipinski definition) is 3. The summed E-state index contributed by atoms with van der Waals surface area (Å²) in [5, 5.41) is 0. The summed E-state index contributed by atoms with van der Waals surface area (Å²) in [5.41, 5.74) is 0. The molecule has 18 heavy (non-hydrogen) atoms. The third-order valence-corrected chi connectivity index (χ3v) is 5.53. The Morgan fingerprint density at radius 1 is 1.33 bits per heavy atom. The first kappa shape index (κ1) is 12.4. The number of carbonyl (C=O) groups is 1. The van der Waals surface area contributed by atoms with Crippen LogP contribution in [0.3, 0.4) is 0 Å². The highest BCUT2D eigenvalue weighted by Gasteiger charge is 2.36. The van der Waals surface area contributed by atoms with Crippen molar-refractivity contribution in [1.29, 1.82) is 0 Å². The van der Waals surface area contributed by atoms with E-state index in [2.05, 4.69) is 11.8 Å². The van der Waals surface area contributed by atoms with Crippen molar-refractivity contribution in [2.75, 3.05) is 13.1 Å². The molecule has 1 aromatic rings. The van der Waals surface area contributed by atoms with Gasteiger partial charge in [0.25, 0.3) is 0 Å². The molecule has 3 rings (SSSR count). The molecule has 2 unspecified atom stereocenters. The molecular weight excluding hydrogens is 242 g/mol. The second-order valence-electron chi connectivity index (χ2n) is 5.70. The fraction of sp³-hybridized carbons (Fsp3) is 0.667. The number of thiophene rings is 1. The van der Waals surface area contributed by atoms with Crippen LogP contribution in [-0.2, 0) is 0 Å². The summed E-state index contributed by atoms with van der Waals surface area (Å²) in [7, 11) is 0. The summed E-state index contributed by atoms with van der Waals surface area (Å²) in [6, 6.07) is 4.73. The van der Waals surface area contributed by atoms with E-state index in [1.165, 1.54) is 37.0 Å². The average molecular weight is 263 g/mol. The number of ketones is 1. The van der Waals surface area contributed by atoms with E-state index in [4.69, 9.17) is 0 Å². The average Bonchev–Trinajstić information content (AvgIpc) is 2.97. The van der Waals surface area contributed by atoms with Gasteiger partial charge in [0.2, 0.25) is 0 Å². The molecule has 2 atom stereocenters. The van der Waals surface area contributed by atoms with Crippen LogP contribution < -0.4 is 0 Å². The van der Waals surface area contributed by atoms with E-state index in [-0.39, 0.29) is 0 Å². The minimum Gasteiger partial charge on any atom is -0.293 e. The Labute approximate surface area is 113 Å². The molecule has 1 saturated carbocycles. The Kier molecular flexibility index (Phi) is 3.53. The quantitative estimate of drug-likeness (QED) is 0.778. The Balaban J connectivity index is 1.64. The number of Topliss-reactive ketones (excluding diaryl/α,β-unsaturated/α-hetero) is 1. The van der Waals surface area contributed by atoms with Gasteiger partial charge in [0.05, 0.1) is 11.4 Å². The van der Waals surface area contributed by atoms with Gasteiger partial charge in [-0.1, -0.05) is 12.8 Å². The molecule has 0 spiro atoms. The normalized spacial score (nSPS) is 28.3. The van der Waals surface area contributed by atoms with Gasteiger partial charge < -0.3 is 0 Å². The maximum absolute atomic E-state index is 12.3. The maximum atomic E-state index is 12.3. The molecule has 1 aromatic heterocycles. The van der Waals surface area contributed by atoms with Crippen molar-refractivity contribution in [2.24, 2.45) is 5.92 Å². The van der Waals surface area contributed by atoms with Gasteiger partial charge in [-0.05, 0) is 50.8 Å². The van der Waals surface area contributed by atoms with Crippen molar-refractivity contribution in [2.45, 2.75) is 45.1 Å². The molecule has 0 radical (unpaired) electrons. The standard InChI is InChI=1S/C15H21NOS/c1-11-6-7-15(18-11)14(17)10-16-9-8-12-4-2-3-5-13(12)16/h6-7,12-13H,2-5,8-10H2,1H3. The minimum absolute atomic E-state index is 0.319. The van der Waals surface area contributed by atoms with E-state index in [9.17, 15) is 4.79 Å². The Hall–Kier alpha value is -0.670. The Bertz CT molecular complexity index is 439. The summed E-state index contributed by atoms with van der Waals surface area (Å²) < 4.78 is 0. The SMILES string of the molecule is Cc1ccc(C(=O)CN2CCC3CCCCC32)s1. The fourth-order valence-electron chi connectivity index (χ4n) is 3.55. The molecule has 0 amide bonds. The van der Waals surface area contributed by atoms with Crippen molar-refractivity contribution >= 4 is 17.1 Å². The van der Waals surface area contributed by atoms with Crippen LogP contribution in [0.25, 0.3) is 0 Å². The lowest BCUT2D eigenvalue weighted by molar-refractivity contribution is 0.0900. The van der Waals surface area contributed by atoms with Crippen LogP contribution in [0.4, 0.5) is 0 Å². The van der Waals surface area contributed by atoms with Crippen LogP contribution in [-0.4, -0.2) is 29.8 Å². The lowest BCUT2D eigenvalue weighted by Crippen LogP contribution is -2.38. The van der Waals surface area contributed by atoms with Gasteiger partial charge >= 0.3 is 0 Å². The van der Waals surface area contributed by atoms with Crippen LogP contribution >= 0.6 is 11.3 Å². The van der Waals surface area contributed by atoms with E-state index in [0.717, 1.165) is 17.3 Å². The van der Waals surface area contributed by atoms with Gasteiger partial charge in [-0.3, -0.25) is 9.69 Å². The van der Waals surface area contributed by atoms with E-state index in [0.29, 0.717) is 18.4 Å². The Morgan fingerprint density at radius 2 is 2.17 bits per heavy atom. The van der Waals surface area contributed by atoms with Crippen LogP contribution in [0.5, 0.6) is 0 Å². The molecule has 2 heterocycles. The zero-order chi connectivity index (χ0) is 12.5. The largest absolute Gasteiger partial charge is 0.293 e. The number of rotatable bonds is 3. The molecule has 3 heteroatoms. The predicted molar refractivity (Wildman–Crippen MR) is 75.3 cm³/mol. The van der Waals surface area contributed by atoms with Gasteiger partial charge in [-0.2, -0.15) is 0 Å². The molecule has 0 aromatic carbocycles. The molecule has 2 fully saturated rings. The lowest BCUT2D eigenvalue weighted by atomic mass is 9.85. The van der Waals surface area contributed by atoms with E-state index < -0.39 is 0 Å². The van der Waals surface area contributed by atoms with Gasteiger partial charge in [0.15, 0.2) is 5.78 Å². The number of likely N-dealkylation sites (tertiary alicyclic amines) is 1. The molecule has 0 bridgehead atoms. The molecule has 98 valence electrons. The van der Waals surface area contributed by atoms with Gasteiger partial charge in [0.1, 0.15) is 0 Å². The first-order chi connectivity index (χ1) is 8.74.